The van der Waals surface area contributed by atoms with E-state index < -0.39 is 16.4 Å². The zero-order valence-corrected chi connectivity index (χ0v) is 10.0. The third kappa shape index (κ3) is 1.70. The van der Waals surface area contributed by atoms with E-state index in [1.807, 2.05) is 0 Å². The van der Waals surface area contributed by atoms with Crippen molar-refractivity contribution in [3.05, 3.63) is 23.4 Å². The molecule has 15 heavy (non-hydrogen) atoms. The summed E-state index contributed by atoms with van der Waals surface area (Å²) in [7, 11) is 3.28. The fourth-order valence-electron chi connectivity index (χ4n) is 1.46. The Kier molecular flexibility index (Phi) is 3.26. The van der Waals surface area contributed by atoms with Crippen LogP contribution in [0.15, 0.2) is 23.4 Å². The SMILES string of the molecule is C=CC[C@@]1(Cl)C(=O)C(Cl)=C(N(C)C)C1=O. The molecule has 0 amide bonds. The topological polar surface area (TPSA) is 37.4 Å². The minimum Gasteiger partial charge on any atom is -0.373 e. The number of carbonyl (C=O) groups is 2. The number of rotatable bonds is 3. The van der Waals surface area contributed by atoms with Crippen LogP contribution in [0.1, 0.15) is 6.42 Å². The van der Waals surface area contributed by atoms with Crippen molar-refractivity contribution in [2.45, 2.75) is 11.3 Å². The minimum absolute atomic E-state index is 0.0831. The quantitative estimate of drug-likeness (QED) is 0.433. The van der Waals surface area contributed by atoms with Crippen molar-refractivity contribution in [1.82, 2.24) is 4.90 Å². The highest BCUT2D eigenvalue weighted by molar-refractivity contribution is 6.62. The van der Waals surface area contributed by atoms with Gasteiger partial charge in [0.2, 0.25) is 11.6 Å². The summed E-state index contributed by atoms with van der Waals surface area (Å²) < 4.78 is 0. The van der Waals surface area contributed by atoms with Gasteiger partial charge in [0.1, 0.15) is 10.7 Å². The number of carbonyl (C=O) groups excluding carboxylic acids is 2. The fraction of sp³-hybridized carbons (Fsp3) is 0.400. The Morgan fingerprint density at radius 1 is 1.40 bits per heavy atom. The number of halogens is 2. The predicted molar refractivity (Wildman–Crippen MR) is 60.0 cm³/mol. The summed E-state index contributed by atoms with van der Waals surface area (Å²) in [5, 5.41) is -0.0955. The molecule has 0 N–H and O–H groups in total. The second kappa shape index (κ2) is 3.99. The second-order valence-corrected chi connectivity index (χ2v) is 4.53. The second-order valence-electron chi connectivity index (χ2n) is 3.51. The van der Waals surface area contributed by atoms with E-state index in [2.05, 4.69) is 6.58 Å². The van der Waals surface area contributed by atoms with E-state index in [9.17, 15) is 9.59 Å². The first-order chi connectivity index (χ1) is 6.86. The van der Waals surface area contributed by atoms with Gasteiger partial charge in [0.15, 0.2) is 4.87 Å². The standard InChI is InChI=1S/C10H11Cl2NO2/c1-4-5-10(12)8(14)6(11)7(9(10)15)13(2)3/h4H,1,5H2,2-3H3/t10-/m1/s1. The van der Waals surface area contributed by atoms with Crippen molar-refractivity contribution in [2.24, 2.45) is 0 Å². The van der Waals surface area contributed by atoms with Gasteiger partial charge in [-0.15, -0.1) is 18.2 Å². The van der Waals surface area contributed by atoms with Crippen LogP contribution in [0, 0.1) is 0 Å². The molecule has 0 heterocycles. The van der Waals surface area contributed by atoms with Gasteiger partial charge >= 0.3 is 0 Å². The highest BCUT2D eigenvalue weighted by Crippen LogP contribution is 2.39. The monoisotopic (exact) mass is 247 g/mol. The zero-order valence-electron chi connectivity index (χ0n) is 8.51. The Balaban J connectivity index is 3.22. The predicted octanol–water partition coefficient (Wildman–Crippen LogP) is 1.70. The van der Waals surface area contributed by atoms with E-state index in [-0.39, 0.29) is 17.2 Å². The van der Waals surface area contributed by atoms with Crippen LogP contribution in [-0.2, 0) is 9.59 Å². The highest BCUT2D eigenvalue weighted by Gasteiger charge is 2.52. The van der Waals surface area contributed by atoms with Crippen molar-refractivity contribution < 1.29 is 9.59 Å². The maximum absolute atomic E-state index is 11.9. The summed E-state index contributed by atoms with van der Waals surface area (Å²) in [4.78, 5) is 23.5. The maximum atomic E-state index is 11.9. The molecule has 1 atom stereocenters. The van der Waals surface area contributed by atoms with Gasteiger partial charge in [-0.3, -0.25) is 9.59 Å². The van der Waals surface area contributed by atoms with Crippen LogP contribution >= 0.6 is 23.2 Å². The van der Waals surface area contributed by atoms with Gasteiger partial charge in [0.05, 0.1) is 0 Å². The van der Waals surface area contributed by atoms with Crippen molar-refractivity contribution in [3.8, 4) is 0 Å². The molecule has 0 unspecified atom stereocenters. The Labute approximate surface area is 98.3 Å². The van der Waals surface area contributed by atoms with Gasteiger partial charge in [0, 0.05) is 14.1 Å². The summed E-state index contributed by atoms with van der Waals surface area (Å²) in [5.74, 6) is -0.997. The minimum atomic E-state index is -1.58. The molecule has 3 nitrogen and oxygen atoms in total. The number of Topliss-reactive ketones (excluding diaryl/α,β-unsaturated/α-hetero) is 2. The van der Waals surface area contributed by atoms with E-state index in [0.717, 1.165) is 0 Å². The van der Waals surface area contributed by atoms with E-state index in [1.165, 1.54) is 11.0 Å². The lowest BCUT2D eigenvalue weighted by molar-refractivity contribution is -0.124. The first kappa shape index (κ1) is 12.3. The average Bonchev–Trinajstić information content (AvgIpc) is 2.30. The molecular weight excluding hydrogens is 237 g/mol. The fourth-order valence-corrected chi connectivity index (χ4v) is 2.21. The summed E-state index contributed by atoms with van der Waals surface area (Å²) in [6, 6.07) is 0. The average molecular weight is 248 g/mol. The van der Waals surface area contributed by atoms with Crippen LogP contribution in [0.5, 0.6) is 0 Å². The van der Waals surface area contributed by atoms with Crippen molar-refractivity contribution >= 4 is 34.8 Å². The number of likely N-dealkylation sites (N-methyl/N-ethyl adjacent to an activating group) is 1. The van der Waals surface area contributed by atoms with E-state index in [4.69, 9.17) is 23.2 Å². The van der Waals surface area contributed by atoms with Crippen molar-refractivity contribution in [1.29, 1.82) is 0 Å². The Hall–Kier alpha value is -0.800. The van der Waals surface area contributed by atoms with Crippen LogP contribution in [0.3, 0.4) is 0 Å². The van der Waals surface area contributed by atoms with Crippen LogP contribution in [-0.4, -0.2) is 35.4 Å². The van der Waals surface area contributed by atoms with Gasteiger partial charge in [0.25, 0.3) is 0 Å². The van der Waals surface area contributed by atoms with E-state index in [1.54, 1.807) is 14.1 Å². The van der Waals surface area contributed by atoms with Crippen LogP contribution < -0.4 is 0 Å². The highest BCUT2D eigenvalue weighted by atomic mass is 35.5. The van der Waals surface area contributed by atoms with Gasteiger partial charge in [-0.25, -0.2) is 0 Å². The van der Waals surface area contributed by atoms with E-state index >= 15 is 0 Å². The molecule has 1 rings (SSSR count). The third-order valence-electron chi connectivity index (χ3n) is 2.21. The van der Waals surface area contributed by atoms with Gasteiger partial charge < -0.3 is 4.90 Å². The van der Waals surface area contributed by atoms with Crippen molar-refractivity contribution in [3.63, 3.8) is 0 Å². The van der Waals surface area contributed by atoms with Gasteiger partial charge in [-0.1, -0.05) is 17.7 Å². The number of ketones is 2. The first-order valence-electron chi connectivity index (χ1n) is 4.32. The molecule has 0 aromatic carbocycles. The molecule has 0 spiro atoms. The number of hydrogen-bond donors (Lipinski definition) is 0. The summed E-state index contributed by atoms with van der Waals surface area (Å²) in [5.41, 5.74) is 0.165. The molecule has 0 saturated carbocycles. The molecule has 0 aliphatic heterocycles. The largest absolute Gasteiger partial charge is 0.373 e. The summed E-state index contributed by atoms with van der Waals surface area (Å²) in [6.45, 7) is 3.47. The Bertz CT molecular complexity index is 374. The Morgan fingerprint density at radius 2 is 1.93 bits per heavy atom. The van der Waals surface area contributed by atoms with Crippen LogP contribution in [0.25, 0.3) is 0 Å². The first-order valence-corrected chi connectivity index (χ1v) is 5.08. The lowest BCUT2D eigenvalue weighted by atomic mass is 9.99. The molecule has 0 radical (unpaired) electrons. The maximum Gasteiger partial charge on any atom is 0.209 e. The van der Waals surface area contributed by atoms with Crippen molar-refractivity contribution in [2.75, 3.05) is 14.1 Å². The molecule has 1 aliphatic rings. The summed E-state index contributed by atoms with van der Waals surface area (Å²) >= 11 is 11.8. The number of alkyl halides is 1. The Morgan fingerprint density at radius 3 is 2.27 bits per heavy atom. The third-order valence-corrected chi connectivity index (χ3v) is 3.06. The number of nitrogens with zero attached hydrogens (tertiary/aromatic N) is 1. The molecule has 0 aromatic heterocycles. The molecule has 0 fully saturated rings. The van der Waals surface area contributed by atoms with Gasteiger partial charge in [-0.2, -0.15) is 0 Å². The number of hydrogen-bond acceptors (Lipinski definition) is 3. The molecule has 0 bridgehead atoms. The molecular formula is C10H11Cl2NO2. The zero-order chi connectivity index (χ0) is 11.8. The molecule has 0 saturated heterocycles. The van der Waals surface area contributed by atoms with Gasteiger partial charge in [-0.05, 0) is 6.42 Å². The lowest BCUT2D eigenvalue weighted by Gasteiger charge is -2.18. The van der Waals surface area contributed by atoms with E-state index in [0.29, 0.717) is 0 Å². The molecule has 82 valence electrons. The molecule has 1 aliphatic carbocycles. The molecule has 0 aromatic rings. The molecule has 5 heteroatoms. The van der Waals surface area contributed by atoms with Crippen LogP contribution in [0.2, 0.25) is 0 Å². The summed E-state index contributed by atoms with van der Waals surface area (Å²) in [6.07, 6.45) is 1.52. The number of allylic oxidation sites excluding steroid dienone is 3. The van der Waals surface area contributed by atoms with Crippen LogP contribution in [0.4, 0.5) is 0 Å². The lowest BCUT2D eigenvalue weighted by Crippen LogP contribution is -2.37. The normalized spacial score (nSPS) is 26.1. The smallest absolute Gasteiger partial charge is 0.209 e.